The average Bonchev–Trinajstić information content (AvgIpc) is 3.56. The van der Waals surface area contributed by atoms with Gasteiger partial charge in [0.1, 0.15) is 10.6 Å². The third kappa shape index (κ3) is 4.97. The molecule has 3 N–H and O–H groups in total. The van der Waals surface area contributed by atoms with Crippen molar-refractivity contribution in [3.05, 3.63) is 44.4 Å². The largest absolute Gasteiger partial charge is 0.476 e. The molecule has 0 bridgehead atoms. The van der Waals surface area contributed by atoms with Gasteiger partial charge in [0.25, 0.3) is 5.91 Å². The van der Waals surface area contributed by atoms with Crippen LogP contribution in [0.5, 0.6) is 0 Å². The first-order valence-electron chi connectivity index (χ1n) is 10.6. The van der Waals surface area contributed by atoms with Crippen molar-refractivity contribution >= 4 is 57.5 Å². The summed E-state index contributed by atoms with van der Waals surface area (Å²) in [4.78, 5) is 45.7. The molecular weight excluding hydrogens is 521 g/mol. The number of carbonyl (C=O) groups is 3. The second kappa shape index (κ2) is 10.2. The number of H-pyrrole nitrogens is 1. The molecule has 4 heterocycles. The Labute approximate surface area is 213 Å². The summed E-state index contributed by atoms with van der Waals surface area (Å²) in [6, 6.07) is -0.731. The number of nitrogens with zero attached hydrogens (tertiary/aromatic N) is 5. The Morgan fingerprint density at radius 2 is 2.11 bits per heavy atom. The minimum Gasteiger partial charge on any atom is -0.476 e. The number of thiazole rings is 1. The molecule has 0 radical (unpaired) electrons. The monoisotopic (exact) mass is 541 g/mol. The van der Waals surface area contributed by atoms with Crippen LogP contribution in [0.25, 0.3) is 0 Å². The predicted octanol–water partition coefficient (Wildman–Crippen LogP) is 2.80. The molecule has 1 aliphatic heterocycles. The number of anilines is 1. The van der Waals surface area contributed by atoms with Gasteiger partial charge in [0, 0.05) is 25.0 Å². The number of aromatic carboxylic acids is 1. The van der Waals surface area contributed by atoms with E-state index in [4.69, 9.17) is 27.9 Å². The molecule has 35 heavy (non-hydrogen) atoms. The van der Waals surface area contributed by atoms with Crippen LogP contribution in [0.15, 0.2) is 12.4 Å². The summed E-state index contributed by atoms with van der Waals surface area (Å²) in [5, 5.41) is 21.2. The van der Waals surface area contributed by atoms with Gasteiger partial charge in [-0.1, -0.05) is 39.8 Å². The lowest BCUT2D eigenvalue weighted by atomic mass is 9.99. The summed E-state index contributed by atoms with van der Waals surface area (Å²) in [6.45, 7) is 4.22. The van der Waals surface area contributed by atoms with Gasteiger partial charge >= 0.3 is 11.9 Å². The van der Waals surface area contributed by atoms with Crippen molar-refractivity contribution in [2.75, 3.05) is 24.6 Å². The van der Waals surface area contributed by atoms with Gasteiger partial charge in [-0.05, 0) is 20.3 Å². The molecule has 0 unspecified atom stereocenters. The number of aromatic amines is 1. The zero-order valence-corrected chi connectivity index (χ0v) is 20.9. The molecule has 1 amide bonds. The Hall–Kier alpha value is -3.16. The Kier molecular flexibility index (Phi) is 7.28. The Bertz CT molecular complexity index is 1260. The first kappa shape index (κ1) is 24.9. The molecule has 0 aliphatic carbocycles. The quantitative estimate of drug-likeness (QED) is 0.382. The fraction of sp³-hybridized carbons (Fsp3) is 0.400. The Morgan fingerprint density at radius 1 is 1.34 bits per heavy atom. The number of nitrogens with one attached hydrogen (secondary N) is 2. The van der Waals surface area contributed by atoms with Crippen molar-refractivity contribution in [3.8, 4) is 0 Å². The standard InChI is InChI=1S/C20H21Cl2N7O5S/c1-3-34-19(33)16-15(18(31)32)26-20(35-16)28-6-4-10(11(8-28)29-7-5-23-27-29)25-17(30)14-13(22)12(21)9(2)24-14/h5,7,10-11,24H,3-4,6,8H2,1-2H3,(H,25,30)(H,31,32)/t10-,11+/m1/s1. The topological polar surface area (TPSA) is 155 Å². The molecule has 0 aromatic carbocycles. The molecule has 0 spiro atoms. The molecule has 3 aromatic rings. The highest BCUT2D eigenvalue weighted by Crippen LogP contribution is 2.33. The van der Waals surface area contributed by atoms with E-state index in [0.717, 1.165) is 11.3 Å². The highest BCUT2D eigenvalue weighted by atomic mass is 35.5. The third-order valence-corrected chi connectivity index (χ3v) is 7.55. The number of halogens is 2. The van der Waals surface area contributed by atoms with Gasteiger partial charge < -0.3 is 25.0 Å². The van der Waals surface area contributed by atoms with Crippen LogP contribution >= 0.6 is 34.5 Å². The zero-order valence-electron chi connectivity index (χ0n) is 18.6. The lowest BCUT2D eigenvalue weighted by molar-refractivity contribution is 0.0519. The summed E-state index contributed by atoms with van der Waals surface area (Å²) in [5.41, 5.74) is 0.392. The number of carbonyl (C=O) groups excluding carboxylic acids is 2. The smallest absolute Gasteiger partial charge is 0.356 e. The number of hydrogen-bond acceptors (Lipinski definition) is 9. The number of aromatic nitrogens is 5. The van der Waals surface area contributed by atoms with Crippen LogP contribution in [0.2, 0.25) is 10.0 Å². The van der Waals surface area contributed by atoms with Crippen LogP contribution in [0.4, 0.5) is 5.13 Å². The van der Waals surface area contributed by atoms with Crippen LogP contribution in [0, 0.1) is 6.92 Å². The van der Waals surface area contributed by atoms with Gasteiger partial charge in [-0.3, -0.25) is 4.79 Å². The number of ether oxygens (including phenoxy) is 1. The first-order chi connectivity index (χ1) is 16.7. The van der Waals surface area contributed by atoms with Gasteiger partial charge in [-0.2, -0.15) is 0 Å². The number of carboxylic acids is 1. The van der Waals surface area contributed by atoms with Gasteiger partial charge in [0.15, 0.2) is 10.8 Å². The van der Waals surface area contributed by atoms with Crippen molar-refractivity contribution in [2.24, 2.45) is 0 Å². The maximum absolute atomic E-state index is 13.0. The molecule has 3 aromatic heterocycles. The molecule has 0 saturated carbocycles. The number of rotatable bonds is 7. The van der Waals surface area contributed by atoms with Crippen LogP contribution in [-0.4, -0.2) is 73.7 Å². The van der Waals surface area contributed by atoms with Gasteiger partial charge in [-0.25, -0.2) is 19.3 Å². The molecule has 12 nitrogen and oxygen atoms in total. The Morgan fingerprint density at radius 3 is 2.71 bits per heavy atom. The fourth-order valence-corrected chi connectivity index (χ4v) is 5.23. The molecule has 4 rings (SSSR count). The lowest BCUT2D eigenvalue weighted by Gasteiger charge is -2.38. The molecule has 1 saturated heterocycles. The van der Waals surface area contributed by atoms with Crippen molar-refractivity contribution in [1.29, 1.82) is 0 Å². The molecule has 1 aliphatic rings. The number of piperidine rings is 1. The number of esters is 1. The normalized spacial score (nSPS) is 17.9. The van der Waals surface area contributed by atoms with E-state index in [-0.39, 0.29) is 45.0 Å². The van der Waals surface area contributed by atoms with Crippen LogP contribution in [-0.2, 0) is 4.74 Å². The minimum atomic E-state index is -1.32. The van der Waals surface area contributed by atoms with E-state index in [1.54, 1.807) is 24.7 Å². The number of aryl methyl sites for hydroxylation is 1. The summed E-state index contributed by atoms with van der Waals surface area (Å²) < 4.78 is 6.59. The van der Waals surface area contributed by atoms with Crippen molar-refractivity contribution in [3.63, 3.8) is 0 Å². The maximum atomic E-state index is 13.0. The van der Waals surface area contributed by atoms with E-state index < -0.39 is 17.8 Å². The van der Waals surface area contributed by atoms with Crippen LogP contribution in [0.3, 0.4) is 0 Å². The summed E-state index contributed by atoms with van der Waals surface area (Å²) in [7, 11) is 0. The highest BCUT2D eigenvalue weighted by molar-refractivity contribution is 7.17. The second-order valence-electron chi connectivity index (χ2n) is 7.72. The number of hydrogen-bond donors (Lipinski definition) is 3. The number of carboxylic acid groups (broad SMARTS) is 1. The van der Waals surface area contributed by atoms with E-state index >= 15 is 0 Å². The fourth-order valence-electron chi connectivity index (χ4n) is 3.83. The molecular formula is C20H21Cl2N7O5S. The van der Waals surface area contributed by atoms with Crippen LogP contribution in [0.1, 0.15) is 55.7 Å². The summed E-state index contributed by atoms with van der Waals surface area (Å²) in [6.07, 6.45) is 3.66. The van der Waals surface area contributed by atoms with Gasteiger partial charge in [-0.15, -0.1) is 5.10 Å². The molecule has 186 valence electrons. The highest BCUT2D eigenvalue weighted by Gasteiger charge is 2.36. The lowest BCUT2D eigenvalue weighted by Crippen LogP contribution is -2.52. The molecule has 2 atom stereocenters. The predicted molar refractivity (Wildman–Crippen MR) is 128 cm³/mol. The second-order valence-corrected chi connectivity index (χ2v) is 9.45. The molecule has 15 heteroatoms. The van der Waals surface area contributed by atoms with E-state index in [2.05, 4.69) is 25.6 Å². The van der Waals surface area contributed by atoms with E-state index in [1.807, 2.05) is 4.90 Å². The van der Waals surface area contributed by atoms with E-state index in [0.29, 0.717) is 30.3 Å². The van der Waals surface area contributed by atoms with Crippen LogP contribution < -0.4 is 10.2 Å². The van der Waals surface area contributed by atoms with E-state index in [1.165, 1.54) is 6.20 Å². The Balaban J connectivity index is 1.59. The summed E-state index contributed by atoms with van der Waals surface area (Å²) >= 11 is 13.3. The minimum absolute atomic E-state index is 0.0734. The summed E-state index contributed by atoms with van der Waals surface area (Å²) in [5.74, 6) is -2.47. The third-order valence-electron chi connectivity index (χ3n) is 5.51. The van der Waals surface area contributed by atoms with E-state index in [9.17, 15) is 19.5 Å². The first-order valence-corrected chi connectivity index (χ1v) is 12.1. The van der Waals surface area contributed by atoms with Crippen molar-refractivity contribution in [1.82, 2.24) is 30.3 Å². The molecule has 1 fully saturated rings. The van der Waals surface area contributed by atoms with Crippen molar-refractivity contribution < 1.29 is 24.2 Å². The van der Waals surface area contributed by atoms with Gasteiger partial charge in [0.2, 0.25) is 0 Å². The number of amides is 1. The van der Waals surface area contributed by atoms with Gasteiger partial charge in [0.05, 0.1) is 34.9 Å². The van der Waals surface area contributed by atoms with Crippen molar-refractivity contribution in [2.45, 2.75) is 32.4 Å². The maximum Gasteiger partial charge on any atom is 0.356 e. The zero-order chi connectivity index (χ0) is 25.3. The average molecular weight is 542 g/mol. The SMILES string of the molecule is CCOC(=O)c1sc(N2CC[C@@H](NC(=O)c3[nH]c(C)c(Cl)c3Cl)[C@@H](n3ccnn3)C2)nc1C(=O)O.